The van der Waals surface area contributed by atoms with Gasteiger partial charge in [0.15, 0.2) is 11.2 Å². The molecule has 1 N–H and O–H groups in total. The van der Waals surface area contributed by atoms with Crippen LogP contribution in [0.3, 0.4) is 0 Å². The van der Waals surface area contributed by atoms with Crippen molar-refractivity contribution in [1.29, 1.82) is 0 Å². The number of pyridine rings is 1. The molecule has 1 aromatic carbocycles. The molecule has 4 aromatic rings. The number of aryl methyl sites for hydroxylation is 1. The predicted molar refractivity (Wildman–Crippen MR) is 121 cm³/mol. The fourth-order valence-electron chi connectivity index (χ4n) is 3.12. The molecule has 31 heavy (non-hydrogen) atoms. The number of fused-ring (bicyclic) bond motifs is 1. The van der Waals surface area contributed by atoms with Gasteiger partial charge < -0.3 is 0 Å². The molecular formula is C20H17Cl2N7O2. The third kappa shape index (κ3) is 3.97. The molecule has 158 valence electrons. The summed E-state index contributed by atoms with van der Waals surface area (Å²) in [5.74, 6) is 0.296. The Morgan fingerprint density at radius 1 is 1.06 bits per heavy atom. The minimum Gasteiger partial charge on any atom is -0.298 e. The first kappa shape index (κ1) is 20.8. The van der Waals surface area contributed by atoms with Crippen LogP contribution in [0.25, 0.3) is 11.2 Å². The summed E-state index contributed by atoms with van der Waals surface area (Å²) in [6.07, 6.45) is 4.91. The van der Waals surface area contributed by atoms with Crippen molar-refractivity contribution in [2.24, 2.45) is 19.2 Å². The molecule has 4 rings (SSSR count). The normalized spacial score (nSPS) is 11.5. The van der Waals surface area contributed by atoms with Crippen molar-refractivity contribution < 1.29 is 0 Å². The molecule has 0 fully saturated rings. The Balaban J connectivity index is 1.84. The Bertz CT molecular complexity index is 1420. The summed E-state index contributed by atoms with van der Waals surface area (Å²) in [6, 6.07) is 8.79. The van der Waals surface area contributed by atoms with Crippen LogP contribution >= 0.6 is 23.2 Å². The number of hydrogen-bond donors (Lipinski definition) is 1. The monoisotopic (exact) mass is 457 g/mol. The molecule has 3 aromatic heterocycles. The van der Waals surface area contributed by atoms with Gasteiger partial charge in [0, 0.05) is 26.5 Å². The van der Waals surface area contributed by atoms with E-state index in [1.807, 2.05) is 0 Å². The topological polar surface area (TPSA) is 99.1 Å². The number of nitrogens with one attached hydrogen (secondary N) is 1. The number of imidazole rings is 1. The summed E-state index contributed by atoms with van der Waals surface area (Å²) >= 11 is 12.2. The summed E-state index contributed by atoms with van der Waals surface area (Å²) < 4.78 is 4.01. The number of aromatic nitrogens is 5. The van der Waals surface area contributed by atoms with Gasteiger partial charge in [0.2, 0.25) is 5.95 Å². The number of anilines is 1. The number of benzene rings is 1. The van der Waals surface area contributed by atoms with Crippen LogP contribution in [0.15, 0.2) is 57.4 Å². The van der Waals surface area contributed by atoms with Crippen LogP contribution in [0.5, 0.6) is 0 Å². The lowest BCUT2D eigenvalue weighted by Gasteiger charge is -2.10. The number of hydrogen-bond acceptors (Lipinski definition) is 6. The highest BCUT2D eigenvalue weighted by atomic mass is 35.5. The molecule has 9 nitrogen and oxygen atoms in total. The van der Waals surface area contributed by atoms with Crippen LogP contribution < -0.4 is 16.7 Å². The van der Waals surface area contributed by atoms with E-state index in [9.17, 15) is 9.59 Å². The molecule has 0 aliphatic carbocycles. The average Bonchev–Trinajstić information content (AvgIpc) is 3.12. The second-order valence-electron chi connectivity index (χ2n) is 6.80. The molecule has 0 aliphatic rings. The van der Waals surface area contributed by atoms with Gasteiger partial charge in [-0.2, -0.15) is 10.1 Å². The lowest BCUT2D eigenvalue weighted by atomic mass is 10.2. The number of halogens is 2. The molecule has 0 saturated heterocycles. The first-order chi connectivity index (χ1) is 14.9. The summed E-state index contributed by atoms with van der Waals surface area (Å²) in [7, 11) is 2.99. The van der Waals surface area contributed by atoms with E-state index in [2.05, 4.69) is 20.5 Å². The fourth-order valence-corrected chi connectivity index (χ4v) is 3.44. The van der Waals surface area contributed by atoms with Gasteiger partial charge in [-0.3, -0.25) is 23.5 Å². The molecular weight excluding hydrogens is 441 g/mol. The highest BCUT2D eigenvalue weighted by Gasteiger charge is 2.19. The lowest BCUT2D eigenvalue weighted by molar-refractivity contribution is 0.702. The van der Waals surface area contributed by atoms with E-state index in [-0.39, 0.29) is 17.7 Å². The second-order valence-corrected chi connectivity index (χ2v) is 7.61. The van der Waals surface area contributed by atoms with Gasteiger partial charge in [0.05, 0.1) is 22.8 Å². The van der Waals surface area contributed by atoms with Crippen molar-refractivity contribution in [2.75, 3.05) is 5.43 Å². The second kappa shape index (κ2) is 8.37. The number of nitrogens with zero attached hydrogens (tertiary/aromatic N) is 6. The van der Waals surface area contributed by atoms with Gasteiger partial charge in [-0.1, -0.05) is 29.3 Å². The lowest BCUT2D eigenvalue weighted by Crippen LogP contribution is -2.37. The highest BCUT2D eigenvalue weighted by molar-refractivity contribution is 6.42. The Labute approximate surface area is 186 Å². The average molecular weight is 458 g/mol. The zero-order valence-electron chi connectivity index (χ0n) is 16.6. The van der Waals surface area contributed by atoms with Crippen molar-refractivity contribution in [3.63, 3.8) is 0 Å². The number of rotatable bonds is 5. The quantitative estimate of drug-likeness (QED) is 0.366. The van der Waals surface area contributed by atoms with Crippen molar-refractivity contribution in [3.8, 4) is 0 Å². The van der Waals surface area contributed by atoms with Gasteiger partial charge >= 0.3 is 5.69 Å². The molecule has 0 atom stereocenters. The molecule has 0 spiro atoms. The van der Waals surface area contributed by atoms with Crippen LogP contribution in [0, 0.1) is 0 Å². The Morgan fingerprint density at radius 3 is 2.52 bits per heavy atom. The molecule has 3 heterocycles. The maximum atomic E-state index is 12.9. The zero-order valence-corrected chi connectivity index (χ0v) is 18.1. The minimum atomic E-state index is -0.469. The first-order valence-corrected chi connectivity index (χ1v) is 9.91. The van der Waals surface area contributed by atoms with E-state index in [1.54, 1.807) is 60.6 Å². The van der Waals surface area contributed by atoms with E-state index < -0.39 is 11.2 Å². The minimum absolute atomic E-state index is 0.245. The molecule has 0 unspecified atom stereocenters. The fraction of sp³-hybridized carbons (Fsp3) is 0.150. The van der Waals surface area contributed by atoms with Crippen LogP contribution in [0.4, 0.5) is 5.95 Å². The van der Waals surface area contributed by atoms with Gasteiger partial charge in [-0.25, -0.2) is 10.2 Å². The molecule has 0 radical (unpaired) electrons. The van der Waals surface area contributed by atoms with Gasteiger partial charge in [-0.15, -0.1) is 0 Å². The molecule has 0 aliphatic heterocycles. The number of hydrazone groups is 1. The van der Waals surface area contributed by atoms with E-state index >= 15 is 0 Å². The van der Waals surface area contributed by atoms with E-state index in [0.717, 1.165) is 15.7 Å². The SMILES string of the molecule is Cn1c(=O)c2c(nc(NN=Cc3ccncc3)n2Cc2ccc(Cl)c(Cl)c2)n(C)c1=O. The molecule has 11 heteroatoms. The largest absolute Gasteiger partial charge is 0.332 e. The highest BCUT2D eigenvalue weighted by Crippen LogP contribution is 2.24. The van der Waals surface area contributed by atoms with Gasteiger partial charge in [0.1, 0.15) is 0 Å². The van der Waals surface area contributed by atoms with Crippen LogP contribution in [0.2, 0.25) is 10.0 Å². The summed E-state index contributed by atoms with van der Waals surface area (Å²) in [4.78, 5) is 33.7. The summed E-state index contributed by atoms with van der Waals surface area (Å²) in [5, 5.41) is 5.04. The van der Waals surface area contributed by atoms with Crippen LogP contribution in [-0.4, -0.2) is 29.9 Å². The third-order valence-electron chi connectivity index (χ3n) is 4.76. The van der Waals surface area contributed by atoms with Gasteiger partial charge in [-0.05, 0) is 35.4 Å². The zero-order chi connectivity index (χ0) is 22.1. The Kier molecular flexibility index (Phi) is 5.62. The summed E-state index contributed by atoms with van der Waals surface area (Å²) in [6.45, 7) is 0.258. The first-order valence-electron chi connectivity index (χ1n) is 9.16. The predicted octanol–water partition coefficient (Wildman–Crippen LogP) is 2.63. The van der Waals surface area contributed by atoms with Crippen molar-refractivity contribution in [2.45, 2.75) is 6.54 Å². The molecule has 0 bridgehead atoms. The smallest absolute Gasteiger partial charge is 0.298 e. The van der Waals surface area contributed by atoms with Crippen molar-refractivity contribution in [3.05, 3.63) is 84.7 Å². The Hall–Kier alpha value is -3.43. The van der Waals surface area contributed by atoms with E-state index in [4.69, 9.17) is 23.2 Å². The maximum absolute atomic E-state index is 12.9. The van der Waals surface area contributed by atoms with Crippen LogP contribution in [-0.2, 0) is 20.6 Å². The van der Waals surface area contributed by atoms with E-state index in [0.29, 0.717) is 16.0 Å². The van der Waals surface area contributed by atoms with Crippen molar-refractivity contribution >= 4 is 46.5 Å². The molecule has 0 saturated carbocycles. The standard InChI is InChI=1S/C20H17Cl2N7O2/c1-27-17-16(18(30)28(2)20(27)31)29(11-13-3-4-14(21)15(22)9-13)19(25-17)26-24-10-12-5-7-23-8-6-12/h3-10H,11H2,1-2H3,(H,25,26). The Morgan fingerprint density at radius 2 is 1.81 bits per heavy atom. The van der Waals surface area contributed by atoms with E-state index in [1.165, 1.54) is 11.6 Å². The third-order valence-corrected chi connectivity index (χ3v) is 5.50. The van der Waals surface area contributed by atoms with Crippen molar-refractivity contribution in [1.82, 2.24) is 23.7 Å². The van der Waals surface area contributed by atoms with Gasteiger partial charge in [0.25, 0.3) is 5.56 Å². The summed E-state index contributed by atoms with van der Waals surface area (Å²) in [5.41, 5.74) is 4.07. The molecule has 0 amide bonds. The van der Waals surface area contributed by atoms with Crippen LogP contribution in [0.1, 0.15) is 11.1 Å². The maximum Gasteiger partial charge on any atom is 0.332 e.